The number of para-hydroxylation sites is 1. The second-order valence-corrected chi connectivity index (χ2v) is 9.11. The van der Waals surface area contributed by atoms with E-state index >= 15 is 0 Å². The van der Waals surface area contributed by atoms with Crippen molar-refractivity contribution in [2.24, 2.45) is 0 Å². The highest BCUT2D eigenvalue weighted by atomic mass is 16.5. The number of amides is 2. The molecule has 3 aromatic carbocycles. The van der Waals surface area contributed by atoms with E-state index in [1.807, 2.05) is 37.3 Å². The third-order valence-electron chi connectivity index (χ3n) is 6.50. The van der Waals surface area contributed by atoms with Crippen LogP contribution in [-0.4, -0.2) is 33.9 Å². The SMILES string of the molecule is COc1ccccc1C(=O)Nc1ccc(O)c(-c2cc(C3CC3)n(C(=O)NCc3ccccc3C)n2)c1. The number of aryl methyl sites for hydroxylation is 1. The van der Waals surface area contributed by atoms with E-state index in [1.165, 1.54) is 17.9 Å². The van der Waals surface area contributed by atoms with Crippen molar-refractivity contribution in [1.29, 1.82) is 0 Å². The first-order chi connectivity index (χ1) is 17.9. The van der Waals surface area contributed by atoms with Crippen molar-refractivity contribution < 1.29 is 19.4 Å². The van der Waals surface area contributed by atoms with Crippen LogP contribution in [0.5, 0.6) is 11.5 Å². The molecule has 4 aromatic rings. The van der Waals surface area contributed by atoms with Gasteiger partial charge in [-0.05, 0) is 67.3 Å². The number of carbonyl (C=O) groups excluding carboxylic acids is 2. The number of carbonyl (C=O) groups is 2. The molecule has 1 heterocycles. The van der Waals surface area contributed by atoms with Gasteiger partial charge in [0.05, 0.1) is 24.1 Å². The van der Waals surface area contributed by atoms with Crippen LogP contribution in [0.25, 0.3) is 11.3 Å². The van der Waals surface area contributed by atoms with Gasteiger partial charge in [-0.15, -0.1) is 0 Å². The van der Waals surface area contributed by atoms with Crippen molar-refractivity contribution in [1.82, 2.24) is 15.1 Å². The molecule has 0 aliphatic heterocycles. The molecule has 1 fully saturated rings. The van der Waals surface area contributed by atoms with Crippen LogP contribution in [-0.2, 0) is 6.54 Å². The highest BCUT2D eigenvalue weighted by Gasteiger charge is 2.31. The van der Waals surface area contributed by atoms with Gasteiger partial charge in [-0.2, -0.15) is 9.78 Å². The second-order valence-electron chi connectivity index (χ2n) is 9.11. The molecular formula is C29H28N4O4. The van der Waals surface area contributed by atoms with Crippen LogP contribution in [0.3, 0.4) is 0 Å². The van der Waals surface area contributed by atoms with Gasteiger partial charge in [0.2, 0.25) is 0 Å². The van der Waals surface area contributed by atoms with Crippen LogP contribution in [0, 0.1) is 6.92 Å². The summed E-state index contributed by atoms with van der Waals surface area (Å²) in [6.45, 7) is 2.39. The normalized spacial score (nSPS) is 12.7. The van der Waals surface area contributed by atoms with Crippen molar-refractivity contribution in [3.8, 4) is 22.8 Å². The lowest BCUT2D eigenvalue weighted by Crippen LogP contribution is -2.30. The zero-order valence-corrected chi connectivity index (χ0v) is 20.7. The molecule has 0 saturated heterocycles. The second kappa shape index (κ2) is 10.2. The number of ether oxygens (including phenoxy) is 1. The first-order valence-corrected chi connectivity index (χ1v) is 12.1. The van der Waals surface area contributed by atoms with Crippen molar-refractivity contribution >= 4 is 17.6 Å². The summed E-state index contributed by atoms with van der Waals surface area (Å²) < 4.78 is 6.68. The number of benzene rings is 3. The van der Waals surface area contributed by atoms with Crippen LogP contribution < -0.4 is 15.4 Å². The molecule has 0 unspecified atom stereocenters. The van der Waals surface area contributed by atoms with E-state index in [4.69, 9.17) is 4.74 Å². The number of nitrogens with zero attached hydrogens (tertiary/aromatic N) is 2. The van der Waals surface area contributed by atoms with Crippen LogP contribution in [0.15, 0.2) is 72.8 Å². The molecule has 37 heavy (non-hydrogen) atoms. The molecule has 1 aliphatic rings. The number of aromatic nitrogens is 2. The average Bonchev–Trinajstić information content (AvgIpc) is 3.67. The maximum absolute atomic E-state index is 13.1. The van der Waals surface area contributed by atoms with Crippen molar-refractivity contribution in [2.75, 3.05) is 12.4 Å². The first kappa shape index (κ1) is 24.1. The number of hydrogen-bond donors (Lipinski definition) is 3. The molecule has 3 N–H and O–H groups in total. The smallest absolute Gasteiger partial charge is 0.342 e. The Morgan fingerprint density at radius 3 is 2.57 bits per heavy atom. The fourth-order valence-electron chi connectivity index (χ4n) is 4.26. The molecule has 0 bridgehead atoms. The lowest BCUT2D eigenvalue weighted by molar-refractivity contribution is 0.102. The minimum Gasteiger partial charge on any atom is -0.507 e. The van der Waals surface area contributed by atoms with E-state index in [-0.39, 0.29) is 23.6 Å². The van der Waals surface area contributed by atoms with E-state index < -0.39 is 0 Å². The van der Waals surface area contributed by atoms with Gasteiger partial charge in [0.1, 0.15) is 11.5 Å². The molecule has 0 radical (unpaired) electrons. The summed E-state index contributed by atoms with van der Waals surface area (Å²) in [5.41, 5.74) is 4.69. The fourth-order valence-corrected chi connectivity index (χ4v) is 4.26. The number of aromatic hydroxyl groups is 1. The fraction of sp³-hybridized carbons (Fsp3) is 0.207. The Morgan fingerprint density at radius 1 is 1.05 bits per heavy atom. The van der Waals surface area contributed by atoms with E-state index in [2.05, 4.69) is 15.7 Å². The summed E-state index contributed by atoms with van der Waals surface area (Å²) in [4.78, 5) is 26.0. The Kier molecular flexibility index (Phi) is 6.64. The van der Waals surface area contributed by atoms with Gasteiger partial charge < -0.3 is 20.5 Å². The lowest BCUT2D eigenvalue weighted by Gasteiger charge is -2.11. The predicted octanol–water partition coefficient (Wildman–Crippen LogP) is 5.46. The number of rotatable bonds is 7. The molecule has 8 nitrogen and oxygen atoms in total. The summed E-state index contributed by atoms with van der Waals surface area (Å²) in [5, 5.41) is 21.0. The molecule has 1 aromatic heterocycles. The van der Waals surface area contributed by atoms with Gasteiger partial charge >= 0.3 is 6.03 Å². The summed E-state index contributed by atoms with van der Waals surface area (Å²) >= 11 is 0. The van der Waals surface area contributed by atoms with Crippen LogP contribution in [0.4, 0.5) is 10.5 Å². The zero-order valence-electron chi connectivity index (χ0n) is 20.7. The van der Waals surface area contributed by atoms with Crippen LogP contribution in [0.2, 0.25) is 0 Å². The van der Waals surface area contributed by atoms with Gasteiger partial charge in [-0.25, -0.2) is 4.79 Å². The average molecular weight is 497 g/mol. The third kappa shape index (κ3) is 5.18. The van der Waals surface area contributed by atoms with Crippen molar-refractivity contribution in [3.05, 3.63) is 95.2 Å². The maximum Gasteiger partial charge on any atom is 0.342 e. The van der Waals surface area contributed by atoms with Crippen molar-refractivity contribution in [3.63, 3.8) is 0 Å². The topological polar surface area (TPSA) is 105 Å². The Morgan fingerprint density at radius 2 is 1.81 bits per heavy atom. The van der Waals surface area contributed by atoms with Gasteiger partial charge in [0, 0.05) is 23.7 Å². The third-order valence-corrected chi connectivity index (χ3v) is 6.50. The number of hydrogen-bond acceptors (Lipinski definition) is 5. The molecule has 1 saturated carbocycles. The number of methoxy groups -OCH3 is 1. The Bertz CT molecular complexity index is 1470. The Hall–Kier alpha value is -4.59. The van der Waals surface area contributed by atoms with E-state index in [0.29, 0.717) is 34.8 Å². The summed E-state index contributed by atoms with van der Waals surface area (Å²) in [5.74, 6) is 0.376. The highest BCUT2D eigenvalue weighted by molar-refractivity contribution is 6.06. The predicted molar refractivity (Wildman–Crippen MR) is 141 cm³/mol. The summed E-state index contributed by atoms with van der Waals surface area (Å²) in [6.07, 6.45) is 1.97. The maximum atomic E-state index is 13.1. The summed E-state index contributed by atoms with van der Waals surface area (Å²) in [6, 6.07) is 21.1. The van der Waals surface area contributed by atoms with Gasteiger partial charge in [0.25, 0.3) is 5.91 Å². The minimum absolute atomic E-state index is 0.00241. The van der Waals surface area contributed by atoms with Gasteiger partial charge in [-0.1, -0.05) is 36.4 Å². The minimum atomic E-state index is -0.339. The Balaban J connectivity index is 1.40. The molecule has 5 rings (SSSR count). The molecule has 1 aliphatic carbocycles. The Labute approximate surface area is 214 Å². The monoisotopic (exact) mass is 496 g/mol. The first-order valence-electron chi connectivity index (χ1n) is 12.1. The number of anilines is 1. The van der Waals surface area contributed by atoms with Crippen LogP contribution in [0.1, 0.15) is 45.9 Å². The summed E-state index contributed by atoms with van der Waals surface area (Å²) in [7, 11) is 1.51. The lowest BCUT2D eigenvalue weighted by atomic mass is 10.1. The number of nitrogens with one attached hydrogen (secondary N) is 2. The number of phenolic OH excluding ortho intramolecular Hbond substituents is 1. The largest absolute Gasteiger partial charge is 0.507 e. The molecular weight excluding hydrogens is 468 g/mol. The molecule has 0 spiro atoms. The number of phenols is 1. The van der Waals surface area contributed by atoms with Gasteiger partial charge in [-0.3, -0.25) is 4.79 Å². The zero-order chi connectivity index (χ0) is 25.9. The van der Waals surface area contributed by atoms with E-state index in [1.54, 1.807) is 36.4 Å². The van der Waals surface area contributed by atoms with Gasteiger partial charge in [0.15, 0.2) is 0 Å². The standard InChI is InChI=1S/C29H28N4O4/c1-18-7-3-4-8-20(18)17-30-29(36)33-25(19-11-12-19)16-24(32-33)23-15-21(13-14-26(23)34)31-28(35)22-9-5-6-10-27(22)37-2/h3-10,13-16,19,34H,11-12,17H2,1-2H3,(H,30,36)(H,31,35). The van der Waals surface area contributed by atoms with Crippen LogP contribution >= 0.6 is 0 Å². The highest BCUT2D eigenvalue weighted by Crippen LogP contribution is 2.42. The molecule has 8 heteroatoms. The van der Waals surface area contributed by atoms with Crippen molar-refractivity contribution in [2.45, 2.75) is 32.2 Å². The quantitative estimate of drug-likeness (QED) is 0.295. The molecule has 0 atom stereocenters. The van der Waals surface area contributed by atoms with E-state index in [9.17, 15) is 14.7 Å². The van der Waals surface area contributed by atoms with E-state index in [0.717, 1.165) is 29.7 Å². The molecule has 2 amide bonds. The molecule has 188 valence electrons.